The number of ketones is 1. The first-order valence-electron chi connectivity index (χ1n) is 4.61. The molecule has 1 saturated carbocycles. The topological polar surface area (TPSA) is 17.1 Å². The van der Waals surface area contributed by atoms with E-state index in [0.29, 0.717) is 11.7 Å². The van der Waals surface area contributed by atoms with E-state index in [9.17, 15) is 4.79 Å². The van der Waals surface area contributed by atoms with Crippen molar-refractivity contribution in [3.05, 3.63) is 22.4 Å². The van der Waals surface area contributed by atoms with Gasteiger partial charge in [-0.05, 0) is 22.4 Å². The number of rotatable bonds is 1. The van der Waals surface area contributed by atoms with Crippen molar-refractivity contribution in [2.24, 2.45) is 11.3 Å². The summed E-state index contributed by atoms with van der Waals surface area (Å²) in [5.74, 6) is 1.06. The molecule has 13 heavy (non-hydrogen) atoms. The predicted molar refractivity (Wildman–Crippen MR) is 55.0 cm³/mol. The van der Waals surface area contributed by atoms with Crippen molar-refractivity contribution in [2.45, 2.75) is 26.7 Å². The largest absolute Gasteiger partial charge is 0.299 e. The van der Waals surface area contributed by atoms with E-state index in [1.165, 1.54) is 5.56 Å². The van der Waals surface area contributed by atoms with Gasteiger partial charge >= 0.3 is 0 Å². The first-order valence-corrected chi connectivity index (χ1v) is 5.56. The van der Waals surface area contributed by atoms with E-state index in [1.807, 2.05) is 6.92 Å². The molecular weight excluding hydrogens is 180 g/mol. The van der Waals surface area contributed by atoms with E-state index in [-0.39, 0.29) is 11.3 Å². The molecule has 2 atom stereocenters. The SMILES string of the molecule is CC1C(=O)C(C)(C)C1c1ccsc1. The summed E-state index contributed by atoms with van der Waals surface area (Å²) >= 11 is 1.71. The average Bonchev–Trinajstić information content (AvgIpc) is 2.56. The normalized spacial score (nSPS) is 31.5. The lowest BCUT2D eigenvalue weighted by Crippen LogP contribution is -2.50. The monoisotopic (exact) mass is 194 g/mol. The van der Waals surface area contributed by atoms with Crippen molar-refractivity contribution in [1.82, 2.24) is 0 Å². The van der Waals surface area contributed by atoms with Gasteiger partial charge in [0.15, 0.2) is 0 Å². The van der Waals surface area contributed by atoms with Gasteiger partial charge in [0.2, 0.25) is 0 Å². The fourth-order valence-corrected chi connectivity index (χ4v) is 3.27. The van der Waals surface area contributed by atoms with Gasteiger partial charge in [0.1, 0.15) is 5.78 Å². The van der Waals surface area contributed by atoms with Crippen LogP contribution in [0.2, 0.25) is 0 Å². The summed E-state index contributed by atoms with van der Waals surface area (Å²) in [6.07, 6.45) is 0. The molecule has 0 radical (unpaired) electrons. The molecular formula is C11H14OS. The van der Waals surface area contributed by atoms with E-state index in [2.05, 4.69) is 30.7 Å². The van der Waals surface area contributed by atoms with Crippen LogP contribution in [0.3, 0.4) is 0 Å². The fourth-order valence-electron chi connectivity index (χ4n) is 2.58. The summed E-state index contributed by atoms with van der Waals surface area (Å²) in [5, 5.41) is 4.25. The predicted octanol–water partition coefficient (Wildman–Crippen LogP) is 3.08. The van der Waals surface area contributed by atoms with Gasteiger partial charge in [0.05, 0.1) is 0 Å². The van der Waals surface area contributed by atoms with Gasteiger partial charge in [-0.25, -0.2) is 0 Å². The molecule has 70 valence electrons. The van der Waals surface area contributed by atoms with Crippen LogP contribution in [0.25, 0.3) is 0 Å². The minimum absolute atomic E-state index is 0.138. The minimum atomic E-state index is -0.138. The summed E-state index contributed by atoms with van der Waals surface area (Å²) in [5.41, 5.74) is 1.20. The van der Waals surface area contributed by atoms with E-state index >= 15 is 0 Å². The van der Waals surface area contributed by atoms with E-state index in [4.69, 9.17) is 0 Å². The maximum Gasteiger partial charge on any atom is 0.142 e. The number of carbonyl (C=O) groups is 1. The van der Waals surface area contributed by atoms with E-state index in [1.54, 1.807) is 11.3 Å². The maximum absolute atomic E-state index is 11.6. The van der Waals surface area contributed by atoms with Crippen LogP contribution in [-0.4, -0.2) is 5.78 Å². The number of hydrogen-bond donors (Lipinski definition) is 0. The highest BCUT2D eigenvalue weighted by Gasteiger charge is 2.53. The zero-order chi connectivity index (χ0) is 9.64. The van der Waals surface area contributed by atoms with Crippen molar-refractivity contribution >= 4 is 17.1 Å². The van der Waals surface area contributed by atoms with Crippen LogP contribution >= 0.6 is 11.3 Å². The van der Waals surface area contributed by atoms with Gasteiger partial charge in [0, 0.05) is 17.3 Å². The highest BCUT2D eigenvalue weighted by atomic mass is 32.1. The second-order valence-corrected chi connectivity index (χ2v) is 5.19. The quantitative estimate of drug-likeness (QED) is 0.671. The lowest BCUT2D eigenvalue weighted by molar-refractivity contribution is -0.145. The smallest absolute Gasteiger partial charge is 0.142 e. The van der Waals surface area contributed by atoms with Crippen LogP contribution in [0.15, 0.2) is 16.8 Å². The fraction of sp³-hybridized carbons (Fsp3) is 0.545. The number of thiophene rings is 1. The molecule has 1 aromatic rings. The van der Waals surface area contributed by atoms with Crippen LogP contribution in [-0.2, 0) is 4.79 Å². The zero-order valence-electron chi connectivity index (χ0n) is 8.20. The van der Waals surface area contributed by atoms with Gasteiger partial charge in [-0.2, -0.15) is 11.3 Å². The van der Waals surface area contributed by atoms with Gasteiger partial charge < -0.3 is 0 Å². The number of hydrogen-bond acceptors (Lipinski definition) is 2. The summed E-state index contributed by atoms with van der Waals surface area (Å²) in [7, 11) is 0. The van der Waals surface area contributed by atoms with Gasteiger partial charge in [-0.3, -0.25) is 4.79 Å². The van der Waals surface area contributed by atoms with Gasteiger partial charge in [0.25, 0.3) is 0 Å². The molecule has 0 bridgehead atoms. The molecule has 0 amide bonds. The number of Topliss-reactive ketones (excluding diaryl/α,β-unsaturated/α-hetero) is 1. The summed E-state index contributed by atoms with van der Waals surface area (Å²) in [6.45, 7) is 6.14. The Labute approximate surface area is 82.8 Å². The lowest BCUT2D eigenvalue weighted by atomic mass is 9.53. The maximum atomic E-state index is 11.6. The highest BCUT2D eigenvalue weighted by Crippen LogP contribution is 2.53. The molecule has 1 nitrogen and oxygen atoms in total. The van der Waals surface area contributed by atoms with Gasteiger partial charge in [-0.1, -0.05) is 20.8 Å². The molecule has 0 aromatic carbocycles. The summed E-state index contributed by atoms with van der Waals surface area (Å²) < 4.78 is 0. The van der Waals surface area contributed by atoms with Crippen LogP contribution in [0, 0.1) is 11.3 Å². The number of carbonyl (C=O) groups excluding carboxylic acids is 1. The molecule has 1 aliphatic carbocycles. The molecule has 0 N–H and O–H groups in total. The third-order valence-electron chi connectivity index (χ3n) is 3.23. The Bertz CT molecular complexity index is 324. The zero-order valence-corrected chi connectivity index (χ0v) is 9.02. The molecule has 1 aromatic heterocycles. The second-order valence-electron chi connectivity index (χ2n) is 4.41. The Kier molecular flexibility index (Phi) is 1.84. The highest BCUT2D eigenvalue weighted by molar-refractivity contribution is 7.08. The standard InChI is InChI=1S/C11H14OS/c1-7-9(8-4-5-13-6-8)11(2,3)10(7)12/h4-7,9H,1-3H3. The average molecular weight is 194 g/mol. The Morgan fingerprint density at radius 3 is 2.62 bits per heavy atom. The molecule has 2 heteroatoms. The van der Waals surface area contributed by atoms with Crippen molar-refractivity contribution in [2.75, 3.05) is 0 Å². The van der Waals surface area contributed by atoms with Crippen LogP contribution in [0.5, 0.6) is 0 Å². The van der Waals surface area contributed by atoms with Crippen molar-refractivity contribution in [1.29, 1.82) is 0 Å². The molecule has 0 spiro atoms. The van der Waals surface area contributed by atoms with Crippen molar-refractivity contribution in [3.63, 3.8) is 0 Å². The second kappa shape index (κ2) is 2.68. The Balaban J connectivity index is 2.32. The van der Waals surface area contributed by atoms with Crippen LogP contribution in [0.4, 0.5) is 0 Å². The van der Waals surface area contributed by atoms with Crippen molar-refractivity contribution < 1.29 is 4.79 Å². The molecule has 1 aliphatic rings. The molecule has 1 fully saturated rings. The Morgan fingerprint density at radius 2 is 2.15 bits per heavy atom. The first kappa shape index (κ1) is 8.95. The Morgan fingerprint density at radius 1 is 1.46 bits per heavy atom. The van der Waals surface area contributed by atoms with Gasteiger partial charge in [-0.15, -0.1) is 0 Å². The first-order chi connectivity index (χ1) is 6.05. The third-order valence-corrected chi connectivity index (χ3v) is 3.93. The lowest BCUT2D eigenvalue weighted by Gasteiger charge is -2.48. The molecule has 2 unspecified atom stereocenters. The minimum Gasteiger partial charge on any atom is -0.299 e. The molecule has 0 saturated heterocycles. The van der Waals surface area contributed by atoms with Crippen LogP contribution < -0.4 is 0 Å². The van der Waals surface area contributed by atoms with E-state index in [0.717, 1.165) is 0 Å². The van der Waals surface area contributed by atoms with Crippen molar-refractivity contribution in [3.8, 4) is 0 Å². The summed E-state index contributed by atoms with van der Waals surface area (Å²) in [4.78, 5) is 11.6. The molecule has 2 rings (SSSR count). The Hall–Kier alpha value is -0.630. The molecule has 0 aliphatic heterocycles. The third kappa shape index (κ3) is 1.08. The molecule has 1 heterocycles. The van der Waals surface area contributed by atoms with E-state index < -0.39 is 0 Å². The van der Waals surface area contributed by atoms with Crippen LogP contribution in [0.1, 0.15) is 32.3 Å². The summed E-state index contributed by atoms with van der Waals surface area (Å²) in [6, 6.07) is 2.14.